The van der Waals surface area contributed by atoms with Gasteiger partial charge >= 0.3 is 0 Å². The molecule has 0 amide bonds. The van der Waals surface area contributed by atoms with Gasteiger partial charge in [-0.2, -0.15) is 4.98 Å². The van der Waals surface area contributed by atoms with Gasteiger partial charge in [-0.15, -0.1) is 0 Å². The van der Waals surface area contributed by atoms with Crippen LogP contribution in [0.1, 0.15) is 18.7 Å². The van der Waals surface area contributed by atoms with Gasteiger partial charge in [0.25, 0.3) is 0 Å². The predicted molar refractivity (Wildman–Crippen MR) is 62.3 cm³/mol. The minimum atomic E-state index is 0.479. The van der Waals surface area contributed by atoms with E-state index in [0.29, 0.717) is 17.8 Å². The molecule has 0 radical (unpaired) electrons. The van der Waals surface area contributed by atoms with Crippen molar-refractivity contribution in [3.8, 4) is 11.5 Å². The van der Waals surface area contributed by atoms with Gasteiger partial charge in [0.1, 0.15) is 5.69 Å². The molecule has 0 saturated carbocycles. The summed E-state index contributed by atoms with van der Waals surface area (Å²) >= 11 is 0. The molecule has 2 aromatic rings. The average molecular weight is 230 g/mol. The molecule has 17 heavy (non-hydrogen) atoms. The van der Waals surface area contributed by atoms with Crippen molar-refractivity contribution < 1.29 is 4.52 Å². The number of rotatable bonds is 3. The van der Waals surface area contributed by atoms with E-state index in [0.717, 1.165) is 18.7 Å². The lowest BCUT2D eigenvalue weighted by molar-refractivity contribution is 0.364. The fraction of sp³-hybridized carbons (Fsp3) is 0.417. The molecule has 1 aliphatic heterocycles. The van der Waals surface area contributed by atoms with Gasteiger partial charge in [0.15, 0.2) is 0 Å². The van der Waals surface area contributed by atoms with Crippen LogP contribution in [-0.2, 0) is 6.42 Å². The lowest BCUT2D eigenvalue weighted by atomic mass is 10.1. The molecule has 0 aromatic carbocycles. The Balaban J connectivity index is 1.74. The predicted octanol–water partition coefficient (Wildman–Crippen LogP) is 1.43. The van der Waals surface area contributed by atoms with Gasteiger partial charge in [0, 0.05) is 18.7 Å². The van der Waals surface area contributed by atoms with Crippen LogP contribution in [0.25, 0.3) is 11.5 Å². The number of hydrogen-bond donors (Lipinski definition) is 1. The van der Waals surface area contributed by atoms with Crippen LogP contribution in [0.2, 0.25) is 0 Å². The molecule has 5 heteroatoms. The lowest BCUT2D eigenvalue weighted by Crippen LogP contribution is -2.23. The number of nitrogens with zero attached hydrogens (tertiary/aromatic N) is 3. The standard InChI is InChI=1S/C12H14N4O/c1-2-6-14-10(5-1)12-15-11(17-16-12)8-9-4-3-7-13-9/h1-2,5-6,9,13H,3-4,7-8H2. The van der Waals surface area contributed by atoms with Crippen LogP contribution in [0.3, 0.4) is 0 Å². The summed E-state index contributed by atoms with van der Waals surface area (Å²) in [6.07, 6.45) is 4.94. The van der Waals surface area contributed by atoms with E-state index in [1.54, 1.807) is 6.20 Å². The molecule has 1 fully saturated rings. The molecule has 88 valence electrons. The molecular formula is C12H14N4O. The molecule has 1 atom stereocenters. The fourth-order valence-corrected chi connectivity index (χ4v) is 2.08. The molecule has 1 N–H and O–H groups in total. The van der Waals surface area contributed by atoms with Crippen LogP contribution < -0.4 is 5.32 Å². The van der Waals surface area contributed by atoms with Gasteiger partial charge in [0.05, 0.1) is 0 Å². The number of nitrogens with one attached hydrogen (secondary N) is 1. The summed E-state index contributed by atoms with van der Waals surface area (Å²) in [7, 11) is 0. The van der Waals surface area contributed by atoms with Crippen LogP contribution in [0.5, 0.6) is 0 Å². The maximum Gasteiger partial charge on any atom is 0.228 e. The van der Waals surface area contributed by atoms with Crippen molar-refractivity contribution in [3.63, 3.8) is 0 Å². The lowest BCUT2D eigenvalue weighted by Gasteiger charge is -2.04. The molecule has 5 nitrogen and oxygen atoms in total. The maximum absolute atomic E-state index is 5.24. The monoisotopic (exact) mass is 230 g/mol. The Kier molecular flexibility index (Phi) is 2.83. The van der Waals surface area contributed by atoms with Crippen LogP contribution in [0.4, 0.5) is 0 Å². The fourth-order valence-electron chi connectivity index (χ4n) is 2.08. The minimum absolute atomic E-state index is 0.479. The Bertz CT molecular complexity index is 476. The topological polar surface area (TPSA) is 63.8 Å². The zero-order valence-corrected chi connectivity index (χ0v) is 9.47. The summed E-state index contributed by atoms with van der Waals surface area (Å²) in [5.74, 6) is 1.25. The first-order valence-electron chi connectivity index (χ1n) is 5.89. The van der Waals surface area contributed by atoms with E-state index >= 15 is 0 Å². The molecule has 0 aliphatic carbocycles. The highest BCUT2D eigenvalue weighted by Gasteiger charge is 2.18. The van der Waals surface area contributed by atoms with Gasteiger partial charge in [-0.25, -0.2) is 0 Å². The van der Waals surface area contributed by atoms with Crippen molar-refractivity contribution in [3.05, 3.63) is 30.3 Å². The number of aromatic nitrogens is 3. The zero-order valence-electron chi connectivity index (χ0n) is 9.47. The van der Waals surface area contributed by atoms with E-state index in [9.17, 15) is 0 Å². The second kappa shape index (κ2) is 4.63. The Labute approximate surface area is 99.3 Å². The van der Waals surface area contributed by atoms with Gasteiger partial charge in [0.2, 0.25) is 11.7 Å². The molecular weight excluding hydrogens is 216 g/mol. The van der Waals surface area contributed by atoms with Crippen LogP contribution in [0.15, 0.2) is 28.9 Å². The SMILES string of the molecule is c1ccc(-c2noc(CC3CCCN3)n2)nc1. The molecule has 1 unspecified atom stereocenters. The Hall–Kier alpha value is -1.75. The summed E-state index contributed by atoms with van der Waals surface area (Å²) in [4.78, 5) is 8.56. The summed E-state index contributed by atoms with van der Waals surface area (Å²) < 4.78 is 5.24. The van der Waals surface area contributed by atoms with E-state index < -0.39 is 0 Å². The van der Waals surface area contributed by atoms with Crippen molar-refractivity contribution >= 4 is 0 Å². The average Bonchev–Trinajstić information content (AvgIpc) is 3.02. The first-order chi connectivity index (χ1) is 8.42. The van der Waals surface area contributed by atoms with Crippen molar-refractivity contribution in [2.24, 2.45) is 0 Å². The molecule has 0 spiro atoms. The molecule has 1 aliphatic rings. The molecule has 1 saturated heterocycles. The summed E-state index contributed by atoms with van der Waals surface area (Å²) in [5.41, 5.74) is 0.752. The molecule has 3 rings (SSSR count). The molecule has 2 aromatic heterocycles. The second-order valence-corrected chi connectivity index (χ2v) is 4.22. The van der Waals surface area contributed by atoms with E-state index in [4.69, 9.17) is 4.52 Å². The first kappa shape index (κ1) is 10.4. The van der Waals surface area contributed by atoms with Crippen LogP contribution in [0, 0.1) is 0 Å². The van der Waals surface area contributed by atoms with Gasteiger partial charge in [-0.05, 0) is 31.5 Å². The zero-order chi connectivity index (χ0) is 11.5. The van der Waals surface area contributed by atoms with E-state index in [1.165, 1.54) is 12.8 Å². The van der Waals surface area contributed by atoms with E-state index in [2.05, 4.69) is 20.4 Å². The van der Waals surface area contributed by atoms with Gasteiger partial charge in [-0.1, -0.05) is 11.2 Å². The van der Waals surface area contributed by atoms with E-state index in [-0.39, 0.29) is 0 Å². The molecule has 3 heterocycles. The van der Waals surface area contributed by atoms with Crippen molar-refractivity contribution in [2.45, 2.75) is 25.3 Å². The third-order valence-corrected chi connectivity index (χ3v) is 2.95. The normalized spacial score (nSPS) is 19.6. The maximum atomic E-state index is 5.24. The Morgan fingerprint density at radius 2 is 2.41 bits per heavy atom. The summed E-state index contributed by atoms with van der Waals surface area (Å²) in [5, 5.41) is 7.36. The second-order valence-electron chi connectivity index (χ2n) is 4.22. The van der Waals surface area contributed by atoms with E-state index in [1.807, 2.05) is 18.2 Å². The summed E-state index contributed by atoms with van der Waals surface area (Å²) in [6, 6.07) is 6.14. The smallest absolute Gasteiger partial charge is 0.228 e. The van der Waals surface area contributed by atoms with Crippen LogP contribution in [-0.4, -0.2) is 27.7 Å². The first-order valence-corrected chi connectivity index (χ1v) is 5.89. The highest BCUT2D eigenvalue weighted by molar-refractivity contribution is 5.46. The van der Waals surface area contributed by atoms with Crippen molar-refractivity contribution in [1.82, 2.24) is 20.4 Å². The number of pyridine rings is 1. The quantitative estimate of drug-likeness (QED) is 0.864. The highest BCUT2D eigenvalue weighted by atomic mass is 16.5. The van der Waals surface area contributed by atoms with Crippen molar-refractivity contribution in [1.29, 1.82) is 0 Å². The summed E-state index contributed by atoms with van der Waals surface area (Å²) in [6.45, 7) is 1.09. The third kappa shape index (κ3) is 2.34. The van der Waals surface area contributed by atoms with Crippen LogP contribution >= 0.6 is 0 Å². The Morgan fingerprint density at radius 1 is 1.41 bits per heavy atom. The van der Waals surface area contributed by atoms with Gasteiger partial charge in [-0.3, -0.25) is 4.98 Å². The number of hydrogen-bond acceptors (Lipinski definition) is 5. The third-order valence-electron chi connectivity index (χ3n) is 2.95. The van der Waals surface area contributed by atoms with Crippen molar-refractivity contribution in [2.75, 3.05) is 6.54 Å². The molecule has 0 bridgehead atoms. The van der Waals surface area contributed by atoms with Gasteiger partial charge < -0.3 is 9.84 Å². The largest absolute Gasteiger partial charge is 0.339 e. The Morgan fingerprint density at radius 3 is 3.18 bits per heavy atom. The minimum Gasteiger partial charge on any atom is -0.339 e. The highest BCUT2D eigenvalue weighted by Crippen LogP contribution is 2.15.